The molecule has 1 fully saturated rings. The molecule has 176 valence electrons. The van der Waals surface area contributed by atoms with Crippen LogP contribution < -0.4 is 15.5 Å². The smallest absolute Gasteiger partial charge is 0.348 e. The molecule has 2 atom stereocenters. The van der Waals surface area contributed by atoms with E-state index in [0.29, 0.717) is 29.8 Å². The van der Waals surface area contributed by atoms with Crippen LogP contribution in [0.1, 0.15) is 53.8 Å². The van der Waals surface area contributed by atoms with E-state index in [1.54, 1.807) is 14.0 Å². The van der Waals surface area contributed by atoms with Crippen molar-refractivity contribution in [1.29, 1.82) is 0 Å². The molecule has 0 bridgehead atoms. The molecule has 2 amide bonds. The minimum atomic E-state index is -1.21. The average molecular weight is 486 g/mol. The summed E-state index contributed by atoms with van der Waals surface area (Å²) in [6.45, 7) is 6.28. The molecule has 1 aliphatic rings. The van der Waals surface area contributed by atoms with Crippen molar-refractivity contribution in [3.05, 3.63) is 21.3 Å². The second kappa shape index (κ2) is 11.4. The van der Waals surface area contributed by atoms with Gasteiger partial charge in [-0.3, -0.25) is 9.59 Å². The number of aromatic nitrogens is 1. The number of halogens is 1. The predicted octanol–water partition coefficient (Wildman–Crippen LogP) is 2.25. The molecule has 0 radical (unpaired) electrons. The Bertz CT molecular complexity index is 945. The number of carbonyl (C=O) groups excluding carboxylic acids is 2. The van der Waals surface area contributed by atoms with Crippen molar-refractivity contribution in [3.63, 3.8) is 0 Å². The first-order chi connectivity index (χ1) is 15.1. The molecule has 3 N–H and O–H groups in total. The third-order valence-corrected chi connectivity index (χ3v) is 6.69. The van der Waals surface area contributed by atoms with Crippen molar-refractivity contribution in [2.45, 2.75) is 45.8 Å². The minimum Gasteiger partial charge on any atom is -0.477 e. The first kappa shape index (κ1) is 25.8. The van der Waals surface area contributed by atoms with Gasteiger partial charge < -0.3 is 25.4 Å². The normalized spacial score (nSPS) is 19.9. The number of hydrogen-bond donors (Lipinski definition) is 3. The van der Waals surface area contributed by atoms with Crippen molar-refractivity contribution in [1.82, 2.24) is 15.6 Å². The number of hydrogen-bond acceptors (Lipinski definition) is 8. The summed E-state index contributed by atoms with van der Waals surface area (Å²) in [6, 6.07) is -0.277. The van der Waals surface area contributed by atoms with Crippen LogP contribution in [-0.2, 0) is 9.53 Å². The van der Waals surface area contributed by atoms with Crippen LogP contribution in [0, 0.1) is 0 Å². The third kappa shape index (κ3) is 6.05. The van der Waals surface area contributed by atoms with Crippen LogP contribution in [0.15, 0.2) is 15.7 Å². The van der Waals surface area contributed by atoms with E-state index in [1.165, 1.54) is 7.05 Å². The number of piperidine rings is 1. The summed E-state index contributed by atoms with van der Waals surface area (Å²) < 4.78 is 5.58. The van der Waals surface area contributed by atoms with E-state index >= 15 is 0 Å². The van der Waals surface area contributed by atoms with Crippen LogP contribution in [0.2, 0.25) is 0 Å². The highest BCUT2D eigenvalue weighted by Gasteiger charge is 2.33. The first-order valence-electron chi connectivity index (χ1n) is 10.1. The van der Waals surface area contributed by atoms with Crippen molar-refractivity contribution in [3.8, 4) is 0 Å². The van der Waals surface area contributed by atoms with Gasteiger partial charge in [-0.1, -0.05) is 29.9 Å². The summed E-state index contributed by atoms with van der Waals surface area (Å²) in [5.41, 5.74) is 1.02. The number of methoxy groups -OCH3 is 1. The maximum atomic E-state index is 12.6. The van der Waals surface area contributed by atoms with Gasteiger partial charge in [-0.25, -0.2) is 14.8 Å². The van der Waals surface area contributed by atoms with E-state index in [2.05, 4.69) is 20.6 Å². The Morgan fingerprint density at radius 3 is 2.62 bits per heavy atom. The van der Waals surface area contributed by atoms with Gasteiger partial charge in [0.25, 0.3) is 11.8 Å². The zero-order chi connectivity index (χ0) is 24.0. The number of anilines is 1. The SMILES string of the molecule is CC/C(C)=C(Cl)/N=C(\C)C(=O)N[C@@H]1CCN(c2nc(C(=O)NC)c(C(=O)O)s2)C[C@@H]1OC. The van der Waals surface area contributed by atoms with E-state index < -0.39 is 11.9 Å². The second-order valence-electron chi connectivity index (χ2n) is 7.27. The lowest BCUT2D eigenvalue weighted by molar-refractivity contribution is -0.116. The highest BCUT2D eigenvalue weighted by molar-refractivity contribution is 7.17. The maximum Gasteiger partial charge on any atom is 0.348 e. The van der Waals surface area contributed by atoms with Crippen LogP contribution in [0.5, 0.6) is 0 Å². The fourth-order valence-electron chi connectivity index (χ4n) is 3.07. The topological polar surface area (TPSA) is 133 Å². The maximum absolute atomic E-state index is 12.6. The minimum absolute atomic E-state index is 0.122. The summed E-state index contributed by atoms with van der Waals surface area (Å²) in [5, 5.41) is 15.5. The lowest BCUT2D eigenvalue weighted by atomic mass is 10.0. The van der Waals surface area contributed by atoms with E-state index in [9.17, 15) is 19.5 Å². The number of ether oxygens (including phenoxy) is 1. The average Bonchev–Trinajstić information content (AvgIpc) is 3.23. The number of carboxylic acid groups (broad SMARTS) is 1. The zero-order valence-electron chi connectivity index (χ0n) is 18.7. The number of rotatable bonds is 8. The largest absolute Gasteiger partial charge is 0.477 e. The van der Waals surface area contributed by atoms with Crippen molar-refractivity contribution in [2.75, 3.05) is 32.1 Å². The zero-order valence-corrected chi connectivity index (χ0v) is 20.3. The van der Waals surface area contributed by atoms with Gasteiger partial charge in [-0.15, -0.1) is 0 Å². The third-order valence-electron chi connectivity index (χ3n) is 5.18. The number of aromatic carboxylic acids is 1. The number of carboxylic acids is 1. The van der Waals surface area contributed by atoms with Gasteiger partial charge in [-0.2, -0.15) is 0 Å². The summed E-state index contributed by atoms with van der Waals surface area (Å²) in [5.74, 6) is -2.11. The summed E-state index contributed by atoms with van der Waals surface area (Å²) in [6.07, 6.45) is 0.903. The Labute approximate surface area is 195 Å². The number of amides is 2. The fraction of sp³-hybridized carbons (Fsp3) is 0.550. The molecule has 1 saturated heterocycles. The molecule has 2 heterocycles. The van der Waals surface area contributed by atoms with Crippen LogP contribution in [0.4, 0.5) is 5.13 Å². The Kier molecular flexibility index (Phi) is 9.17. The van der Waals surface area contributed by atoms with Gasteiger partial charge in [0.2, 0.25) is 0 Å². The van der Waals surface area contributed by atoms with Gasteiger partial charge in [0.15, 0.2) is 10.8 Å². The monoisotopic (exact) mass is 485 g/mol. The molecule has 1 aromatic heterocycles. The molecule has 0 unspecified atom stereocenters. The van der Waals surface area contributed by atoms with E-state index in [1.807, 2.05) is 18.7 Å². The number of aliphatic imine (C=N–C) groups is 1. The molecule has 2 rings (SSSR count). The molecule has 0 saturated carbocycles. The van der Waals surface area contributed by atoms with E-state index in [-0.39, 0.29) is 34.3 Å². The number of allylic oxidation sites excluding steroid dienone is 1. The Morgan fingerprint density at radius 2 is 2.06 bits per heavy atom. The Hall–Kier alpha value is -2.50. The molecule has 0 aliphatic carbocycles. The van der Waals surface area contributed by atoms with Crippen LogP contribution in [0.25, 0.3) is 0 Å². The molecule has 1 aliphatic heterocycles. The van der Waals surface area contributed by atoms with Crippen LogP contribution in [0.3, 0.4) is 0 Å². The van der Waals surface area contributed by atoms with Crippen LogP contribution in [-0.4, -0.2) is 73.0 Å². The molecular weight excluding hydrogens is 458 g/mol. The van der Waals surface area contributed by atoms with E-state index in [4.69, 9.17) is 16.3 Å². The molecule has 10 nitrogen and oxygen atoms in total. The lowest BCUT2D eigenvalue weighted by Gasteiger charge is -2.37. The standard InChI is InChI=1S/C20H28ClN5O5S/c1-6-10(2)16(21)23-11(3)17(27)24-12-7-8-26(9-13(12)31-5)20-25-14(18(28)22-4)15(32-20)19(29)30/h12-13H,6-9H2,1-5H3,(H,22,28)(H,24,27)(H,29,30)/b16-10+,23-11+/t12-,13+/m1/s1. The van der Waals surface area contributed by atoms with Gasteiger partial charge in [0.05, 0.1) is 12.1 Å². The number of thiazole rings is 1. The predicted molar refractivity (Wildman–Crippen MR) is 124 cm³/mol. The second-order valence-corrected chi connectivity index (χ2v) is 8.60. The Morgan fingerprint density at radius 1 is 1.38 bits per heavy atom. The van der Waals surface area contributed by atoms with Crippen molar-refractivity contribution < 1.29 is 24.2 Å². The van der Waals surface area contributed by atoms with Gasteiger partial charge in [-0.05, 0) is 32.3 Å². The highest BCUT2D eigenvalue weighted by Crippen LogP contribution is 2.29. The van der Waals surface area contributed by atoms with Gasteiger partial charge in [0.1, 0.15) is 15.7 Å². The summed E-state index contributed by atoms with van der Waals surface area (Å²) in [4.78, 5) is 46.2. The van der Waals surface area contributed by atoms with Crippen molar-refractivity contribution >= 4 is 51.6 Å². The lowest BCUT2D eigenvalue weighted by Crippen LogP contribution is -2.55. The Balaban J connectivity index is 2.14. The summed E-state index contributed by atoms with van der Waals surface area (Å²) in [7, 11) is 2.96. The van der Waals surface area contributed by atoms with Gasteiger partial charge in [0, 0.05) is 27.2 Å². The van der Waals surface area contributed by atoms with Crippen LogP contribution >= 0.6 is 22.9 Å². The summed E-state index contributed by atoms with van der Waals surface area (Å²) >= 11 is 7.07. The first-order valence-corrected chi connectivity index (χ1v) is 11.3. The number of nitrogens with zero attached hydrogens (tertiary/aromatic N) is 3. The highest BCUT2D eigenvalue weighted by atomic mass is 35.5. The molecule has 0 spiro atoms. The number of carbonyl (C=O) groups is 3. The quantitative estimate of drug-likeness (QED) is 0.380. The molecule has 32 heavy (non-hydrogen) atoms. The molecule has 12 heteroatoms. The van der Waals surface area contributed by atoms with Gasteiger partial charge >= 0.3 is 5.97 Å². The van der Waals surface area contributed by atoms with E-state index in [0.717, 1.165) is 23.3 Å². The molecule has 0 aromatic carbocycles. The van der Waals surface area contributed by atoms with Crippen molar-refractivity contribution in [2.24, 2.45) is 4.99 Å². The molecular formula is C20H28ClN5O5S. The fourth-order valence-corrected chi connectivity index (χ4v) is 4.26. The molecule has 1 aromatic rings. The number of nitrogens with one attached hydrogen (secondary N) is 2.